The van der Waals surface area contributed by atoms with Crippen molar-refractivity contribution >= 4 is 50.6 Å². The van der Waals surface area contributed by atoms with E-state index < -0.39 is 6.04 Å². The van der Waals surface area contributed by atoms with E-state index in [2.05, 4.69) is 30.2 Å². The molecule has 7 aromatic rings. The van der Waals surface area contributed by atoms with Crippen molar-refractivity contribution in [2.24, 2.45) is 0 Å². The van der Waals surface area contributed by atoms with Crippen LogP contribution < -0.4 is 16.3 Å². The Morgan fingerprint density at radius 2 is 1.72 bits per heavy atom. The molecule has 0 spiro atoms. The summed E-state index contributed by atoms with van der Waals surface area (Å²) in [6, 6.07) is 19.7. The van der Waals surface area contributed by atoms with Gasteiger partial charge < -0.3 is 10.3 Å². The summed E-state index contributed by atoms with van der Waals surface area (Å²) < 4.78 is 1.61. The largest absolute Gasteiger partial charge is 0.361 e. The third kappa shape index (κ3) is 4.66. The van der Waals surface area contributed by atoms with E-state index in [1.165, 1.54) is 18.6 Å². The lowest BCUT2D eigenvalue weighted by atomic mass is 9.99. The number of thiophene rings is 1. The molecule has 9 nitrogen and oxygen atoms in total. The number of rotatable bonds is 6. The minimum atomic E-state index is -0.542. The third-order valence-corrected chi connectivity index (χ3v) is 8.48. The molecule has 0 aliphatic rings. The predicted molar refractivity (Wildman–Crippen MR) is 171 cm³/mol. The number of aromatic nitrogens is 6. The summed E-state index contributed by atoms with van der Waals surface area (Å²) in [5.41, 5.74) is 2.45. The lowest BCUT2D eigenvalue weighted by Gasteiger charge is -2.24. The van der Waals surface area contributed by atoms with Gasteiger partial charge >= 0.3 is 0 Å². The second-order valence-corrected chi connectivity index (χ2v) is 11.2. The van der Waals surface area contributed by atoms with Crippen molar-refractivity contribution in [3.05, 3.63) is 128 Å². The molecule has 0 saturated carbocycles. The number of para-hydroxylation sites is 1. The summed E-state index contributed by atoms with van der Waals surface area (Å²) in [7, 11) is 0. The van der Waals surface area contributed by atoms with Crippen molar-refractivity contribution in [2.45, 2.75) is 13.0 Å². The van der Waals surface area contributed by atoms with Gasteiger partial charge in [-0.25, -0.2) is 19.9 Å². The van der Waals surface area contributed by atoms with Gasteiger partial charge in [-0.2, -0.15) is 0 Å². The summed E-state index contributed by atoms with van der Waals surface area (Å²) >= 11 is 8.76. The predicted octanol–water partition coefficient (Wildman–Crippen LogP) is 6.63. The summed E-state index contributed by atoms with van der Waals surface area (Å²) in [4.78, 5) is 48.9. The Hall–Kier alpha value is -5.19. The van der Waals surface area contributed by atoms with E-state index in [4.69, 9.17) is 11.6 Å². The number of hydrogen-bond donors (Lipinski definition) is 2. The number of fused-ring (bicyclic) bond motifs is 2. The lowest BCUT2D eigenvalue weighted by molar-refractivity contribution is 0.774. The molecule has 0 amide bonds. The second kappa shape index (κ2) is 10.9. The molecule has 0 radical (unpaired) electrons. The van der Waals surface area contributed by atoms with Gasteiger partial charge in [0.2, 0.25) is 0 Å². The molecule has 0 bridgehead atoms. The Kier molecular flexibility index (Phi) is 6.77. The molecule has 0 aliphatic carbocycles. The summed E-state index contributed by atoms with van der Waals surface area (Å²) in [6.45, 7) is 1.87. The van der Waals surface area contributed by atoms with Crippen molar-refractivity contribution in [3.63, 3.8) is 0 Å². The van der Waals surface area contributed by atoms with E-state index in [1.54, 1.807) is 28.3 Å². The highest BCUT2D eigenvalue weighted by Gasteiger charge is 2.24. The first-order valence-corrected chi connectivity index (χ1v) is 14.6. The Balaban J connectivity index is 1.43. The lowest BCUT2D eigenvalue weighted by Crippen LogP contribution is -2.27. The van der Waals surface area contributed by atoms with Crippen molar-refractivity contribution in [1.82, 2.24) is 29.5 Å². The number of halogens is 1. The van der Waals surface area contributed by atoms with E-state index in [1.807, 2.05) is 73.0 Å². The van der Waals surface area contributed by atoms with Gasteiger partial charge in [-0.05, 0) is 36.1 Å². The maximum atomic E-state index is 14.5. The van der Waals surface area contributed by atoms with E-state index in [9.17, 15) is 9.59 Å². The molecule has 43 heavy (non-hydrogen) atoms. The van der Waals surface area contributed by atoms with Gasteiger partial charge in [-0.15, -0.1) is 11.3 Å². The Labute approximate surface area is 253 Å². The number of pyridine rings is 2. The SMILES string of the molecule is C[C@H](Nc1ncnc2[nH]ccc(=O)c12)c1c(Cl)c2cccc(-c3cnc(-c4cccs4)nc3)c2c(=O)n1-c1ccccc1. The average Bonchev–Trinajstić information content (AvgIpc) is 3.58. The van der Waals surface area contributed by atoms with Crippen LogP contribution in [-0.2, 0) is 0 Å². The monoisotopic (exact) mass is 603 g/mol. The highest BCUT2D eigenvalue weighted by atomic mass is 35.5. The number of nitrogens with zero attached hydrogens (tertiary/aromatic N) is 5. The van der Waals surface area contributed by atoms with E-state index in [0.717, 1.165) is 4.88 Å². The van der Waals surface area contributed by atoms with Crippen LogP contribution in [0.5, 0.6) is 0 Å². The zero-order valence-electron chi connectivity index (χ0n) is 22.7. The van der Waals surface area contributed by atoms with Crippen LogP contribution >= 0.6 is 22.9 Å². The topological polar surface area (TPSA) is 118 Å². The first-order valence-electron chi connectivity index (χ1n) is 13.4. The average molecular weight is 604 g/mol. The van der Waals surface area contributed by atoms with Crippen LogP contribution in [-0.4, -0.2) is 29.5 Å². The van der Waals surface area contributed by atoms with Crippen LogP contribution in [0, 0.1) is 0 Å². The first kappa shape index (κ1) is 26.7. The second-order valence-electron chi connectivity index (χ2n) is 9.83. The molecule has 0 aliphatic heterocycles. The Bertz CT molecular complexity index is 2230. The number of hydrogen-bond acceptors (Lipinski definition) is 8. The molecule has 210 valence electrons. The highest BCUT2D eigenvalue weighted by Crippen LogP contribution is 2.36. The fourth-order valence-electron chi connectivity index (χ4n) is 5.27. The van der Waals surface area contributed by atoms with Crippen LogP contribution in [0.2, 0.25) is 5.02 Å². The van der Waals surface area contributed by atoms with E-state index in [0.29, 0.717) is 61.0 Å². The molecular weight excluding hydrogens is 582 g/mol. The number of anilines is 1. The maximum absolute atomic E-state index is 14.5. The fraction of sp³-hybridized carbons (Fsp3) is 0.0625. The fourth-order valence-corrected chi connectivity index (χ4v) is 6.35. The van der Waals surface area contributed by atoms with Gasteiger partial charge in [-0.3, -0.25) is 14.2 Å². The molecular formula is C32H22ClN7O2S. The van der Waals surface area contributed by atoms with Gasteiger partial charge in [-0.1, -0.05) is 54.1 Å². The Morgan fingerprint density at radius 3 is 2.49 bits per heavy atom. The van der Waals surface area contributed by atoms with Crippen LogP contribution in [0.4, 0.5) is 5.82 Å². The molecule has 0 unspecified atom stereocenters. The van der Waals surface area contributed by atoms with E-state index >= 15 is 0 Å². The molecule has 5 aromatic heterocycles. The summed E-state index contributed by atoms with van der Waals surface area (Å²) in [6.07, 6.45) is 6.37. The zero-order chi connectivity index (χ0) is 29.5. The van der Waals surface area contributed by atoms with Gasteiger partial charge in [0.05, 0.1) is 27.0 Å². The van der Waals surface area contributed by atoms with Crippen LogP contribution in [0.15, 0.2) is 107 Å². The Morgan fingerprint density at radius 1 is 0.907 bits per heavy atom. The molecule has 0 saturated heterocycles. The van der Waals surface area contributed by atoms with Crippen molar-refractivity contribution in [1.29, 1.82) is 0 Å². The van der Waals surface area contributed by atoms with Crippen molar-refractivity contribution in [3.8, 4) is 27.5 Å². The van der Waals surface area contributed by atoms with E-state index in [-0.39, 0.29) is 11.0 Å². The van der Waals surface area contributed by atoms with Crippen LogP contribution in [0.1, 0.15) is 18.7 Å². The van der Waals surface area contributed by atoms with Crippen LogP contribution in [0.25, 0.3) is 49.3 Å². The normalized spacial score (nSPS) is 12.0. The first-order chi connectivity index (χ1) is 21.0. The molecule has 2 aromatic carbocycles. The van der Waals surface area contributed by atoms with Crippen molar-refractivity contribution in [2.75, 3.05) is 5.32 Å². The smallest absolute Gasteiger partial charge is 0.263 e. The molecule has 2 N–H and O–H groups in total. The minimum absolute atomic E-state index is 0.230. The van der Waals surface area contributed by atoms with Gasteiger partial charge in [0.25, 0.3) is 5.56 Å². The van der Waals surface area contributed by atoms with Gasteiger partial charge in [0.15, 0.2) is 11.3 Å². The molecule has 7 rings (SSSR count). The van der Waals surface area contributed by atoms with Gasteiger partial charge in [0, 0.05) is 41.3 Å². The standard InChI is InChI=1S/C32H22ClN7O2S/c1-18(39-31-26-23(41)12-13-34-30(26)37-17-38-31)28-27(33)22-10-5-9-21(19-15-35-29(36-16-19)24-11-6-14-43-24)25(22)32(42)40(28)20-7-3-2-4-8-20/h2-18H,1H3,(H2,34,37,38,39,41)/t18-/m0/s1. The van der Waals surface area contributed by atoms with Crippen LogP contribution in [0.3, 0.4) is 0 Å². The van der Waals surface area contributed by atoms with Crippen molar-refractivity contribution < 1.29 is 0 Å². The zero-order valence-corrected chi connectivity index (χ0v) is 24.2. The number of nitrogens with one attached hydrogen (secondary N) is 2. The number of H-pyrrole nitrogens is 1. The molecule has 11 heteroatoms. The highest BCUT2D eigenvalue weighted by molar-refractivity contribution is 7.13. The quantitative estimate of drug-likeness (QED) is 0.219. The minimum Gasteiger partial charge on any atom is -0.361 e. The molecule has 5 heterocycles. The molecule has 0 fully saturated rings. The summed E-state index contributed by atoms with van der Waals surface area (Å²) in [5.74, 6) is 0.955. The summed E-state index contributed by atoms with van der Waals surface area (Å²) in [5, 5.41) is 7.04. The third-order valence-electron chi connectivity index (χ3n) is 7.21. The maximum Gasteiger partial charge on any atom is 0.263 e. The number of aromatic amines is 1. The molecule has 1 atom stereocenters. The van der Waals surface area contributed by atoms with Gasteiger partial charge in [0.1, 0.15) is 23.2 Å². The number of benzene rings is 2.